The van der Waals surface area contributed by atoms with Gasteiger partial charge in [-0.2, -0.15) is 5.26 Å². The topological polar surface area (TPSA) is 53.2 Å². The maximum absolute atomic E-state index is 9.32. The van der Waals surface area contributed by atoms with Gasteiger partial charge in [-0.1, -0.05) is 18.2 Å². The first-order valence-corrected chi connectivity index (χ1v) is 5.09. The number of hydrogen-bond donors (Lipinski definition) is 1. The fourth-order valence-electron chi connectivity index (χ4n) is 1.16. The molecule has 1 aromatic rings. The third-order valence-electron chi connectivity index (χ3n) is 2.24. The van der Waals surface area contributed by atoms with Gasteiger partial charge in [0.1, 0.15) is 11.8 Å². The van der Waals surface area contributed by atoms with Crippen molar-refractivity contribution in [2.24, 2.45) is 0 Å². The molecule has 0 amide bonds. The molecule has 3 nitrogen and oxygen atoms in total. The van der Waals surface area contributed by atoms with Crippen LogP contribution in [0.15, 0.2) is 29.8 Å². The van der Waals surface area contributed by atoms with Gasteiger partial charge in [0.15, 0.2) is 6.61 Å². The molecule has 3 heteroatoms. The van der Waals surface area contributed by atoms with Crippen LogP contribution >= 0.6 is 0 Å². The lowest BCUT2D eigenvalue weighted by molar-refractivity contribution is 0.232. The fourth-order valence-corrected chi connectivity index (χ4v) is 1.16. The molecule has 0 fully saturated rings. The highest BCUT2D eigenvalue weighted by atomic mass is 16.5. The van der Waals surface area contributed by atoms with E-state index in [9.17, 15) is 5.11 Å². The Labute approximate surface area is 95.6 Å². The monoisotopic (exact) mass is 217 g/mol. The molecule has 0 bridgehead atoms. The molecule has 0 aromatic heterocycles. The second-order valence-corrected chi connectivity index (χ2v) is 3.58. The Bertz CT molecular complexity index is 399. The molecule has 0 aliphatic heterocycles. The second-order valence-electron chi connectivity index (χ2n) is 3.58. The summed E-state index contributed by atoms with van der Waals surface area (Å²) < 4.78 is 5.13. The van der Waals surface area contributed by atoms with Crippen molar-refractivity contribution in [3.05, 3.63) is 35.4 Å². The van der Waals surface area contributed by atoms with Gasteiger partial charge in [-0.15, -0.1) is 0 Å². The van der Waals surface area contributed by atoms with E-state index < -0.39 is 6.10 Å². The SMILES string of the molecule is C/C(=C\c1ccc(OCC#N)cc1)C(C)O. The lowest BCUT2D eigenvalue weighted by atomic mass is 10.1. The average Bonchev–Trinajstić information content (AvgIpc) is 2.28. The summed E-state index contributed by atoms with van der Waals surface area (Å²) in [6.07, 6.45) is 1.48. The number of aliphatic hydroxyl groups excluding tert-OH is 1. The molecule has 0 radical (unpaired) electrons. The third-order valence-corrected chi connectivity index (χ3v) is 2.24. The zero-order chi connectivity index (χ0) is 12.0. The van der Waals surface area contributed by atoms with E-state index in [1.165, 1.54) is 0 Å². The van der Waals surface area contributed by atoms with Crippen molar-refractivity contribution in [2.75, 3.05) is 6.61 Å². The van der Waals surface area contributed by atoms with Crippen molar-refractivity contribution < 1.29 is 9.84 Å². The van der Waals surface area contributed by atoms with Crippen molar-refractivity contribution in [3.8, 4) is 11.8 Å². The molecular formula is C13H15NO2. The molecule has 1 aromatic carbocycles. The highest BCUT2D eigenvalue weighted by Gasteiger charge is 1.98. The van der Waals surface area contributed by atoms with E-state index in [1.54, 1.807) is 19.1 Å². The van der Waals surface area contributed by atoms with E-state index in [0.717, 1.165) is 11.1 Å². The summed E-state index contributed by atoms with van der Waals surface area (Å²) in [5.74, 6) is 0.674. The molecular weight excluding hydrogens is 202 g/mol. The number of nitrogens with zero attached hydrogens (tertiary/aromatic N) is 1. The van der Waals surface area contributed by atoms with Gasteiger partial charge in [0.05, 0.1) is 6.10 Å². The van der Waals surface area contributed by atoms with E-state index in [2.05, 4.69) is 0 Å². The first-order chi connectivity index (χ1) is 7.63. The Balaban J connectivity index is 2.72. The fraction of sp³-hybridized carbons (Fsp3) is 0.308. The lowest BCUT2D eigenvalue weighted by Crippen LogP contribution is -2.00. The smallest absolute Gasteiger partial charge is 0.174 e. The van der Waals surface area contributed by atoms with Crippen molar-refractivity contribution in [1.82, 2.24) is 0 Å². The summed E-state index contributed by atoms with van der Waals surface area (Å²) in [7, 11) is 0. The first-order valence-electron chi connectivity index (χ1n) is 5.09. The van der Waals surface area contributed by atoms with Crippen LogP contribution in [-0.2, 0) is 0 Å². The van der Waals surface area contributed by atoms with Crippen LogP contribution < -0.4 is 4.74 Å². The number of aliphatic hydroxyl groups is 1. The maximum Gasteiger partial charge on any atom is 0.174 e. The minimum absolute atomic E-state index is 0.0574. The quantitative estimate of drug-likeness (QED) is 0.842. The molecule has 0 aliphatic rings. The molecule has 16 heavy (non-hydrogen) atoms. The average molecular weight is 217 g/mol. The predicted molar refractivity (Wildman–Crippen MR) is 62.9 cm³/mol. The summed E-state index contributed by atoms with van der Waals surface area (Å²) in [5, 5.41) is 17.7. The van der Waals surface area contributed by atoms with Crippen LogP contribution in [0.5, 0.6) is 5.75 Å². The van der Waals surface area contributed by atoms with Crippen molar-refractivity contribution in [2.45, 2.75) is 20.0 Å². The molecule has 1 N–H and O–H groups in total. The summed E-state index contributed by atoms with van der Waals surface area (Å²) in [6.45, 7) is 3.67. The van der Waals surface area contributed by atoms with Gasteiger partial charge in [0.25, 0.3) is 0 Å². The standard InChI is InChI=1S/C13H15NO2/c1-10(11(2)15)9-12-3-5-13(6-4-12)16-8-7-14/h3-6,9,11,15H,8H2,1-2H3/b10-9+. The van der Waals surface area contributed by atoms with Crippen LogP contribution in [0, 0.1) is 11.3 Å². The van der Waals surface area contributed by atoms with Gasteiger partial charge in [0, 0.05) is 0 Å². The Kier molecular flexibility index (Phi) is 4.56. The van der Waals surface area contributed by atoms with E-state index in [1.807, 2.05) is 31.2 Å². The zero-order valence-electron chi connectivity index (χ0n) is 9.47. The van der Waals surface area contributed by atoms with Crippen LogP contribution in [-0.4, -0.2) is 17.8 Å². The van der Waals surface area contributed by atoms with Gasteiger partial charge >= 0.3 is 0 Å². The first kappa shape index (κ1) is 12.3. The highest BCUT2D eigenvalue weighted by Crippen LogP contribution is 2.15. The van der Waals surface area contributed by atoms with Crippen molar-refractivity contribution >= 4 is 6.08 Å². The van der Waals surface area contributed by atoms with Crippen molar-refractivity contribution in [1.29, 1.82) is 5.26 Å². The predicted octanol–water partition coefficient (Wildman–Crippen LogP) is 2.37. The van der Waals surface area contributed by atoms with Gasteiger partial charge in [-0.3, -0.25) is 0 Å². The Morgan fingerprint density at radius 1 is 1.50 bits per heavy atom. The Hall–Kier alpha value is -1.79. The summed E-state index contributed by atoms with van der Waals surface area (Å²) in [5.41, 5.74) is 1.91. The molecule has 84 valence electrons. The van der Waals surface area contributed by atoms with E-state index in [4.69, 9.17) is 10.00 Å². The number of rotatable bonds is 4. The minimum Gasteiger partial charge on any atom is -0.479 e. The van der Waals surface area contributed by atoms with Crippen LogP contribution in [0.1, 0.15) is 19.4 Å². The van der Waals surface area contributed by atoms with Crippen LogP contribution in [0.4, 0.5) is 0 Å². The number of benzene rings is 1. The molecule has 0 saturated heterocycles. The number of hydrogen-bond acceptors (Lipinski definition) is 3. The molecule has 0 saturated carbocycles. The van der Waals surface area contributed by atoms with Crippen molar-refractivity contribution in [3.63, 3.8) is 0 Å². The number of nitriles is 1. The van der Waals surface area contributed by atoms with Crippen LogP contribution in [0.25, 0.3) is 6.08 Å². The van der Waals surface area contributed by atoms with Crippen LogP contribution in [0.2, 0.25) is 0 Å². The molecule has 1 atom stereocenters. The summed E-state index contributed by atoms with van der Waals surface area (Å²) in [6, 6.07) is 9.29. The van der Waals surface area contributed by atoms with Gasteiger partial charge in [0.2, 0.25) is 0 Å². The molecule has 1 unspecified atom stereocenters. The highest BCUT2D eigenvalue weighted by molar-refractivity contribution is 5.54. The third kappa shape index (κ3) is 3.76. The van der Waals surface area contributed by atoms with Crippen LogP contribution in [0.3, 0.4) is 0 Å². The Morgan fingerprint density at radius 2 is 2.12 bits per heavy atom. The maximum atomic E-state index is 9.32. The molecule has 1 rings (SSSR count). The van der Waals surface area contributed by atoms with E-state index in [0.29, 0.717) is 5.75 Å². The summed E-state index contributed by atoms with van der Waals surface area (Å²) in [4.78, 5) is 0. The second kappa shape index (κ2) is 5.94. The van der Waals surface area contributed by atoms with Gasteiger partial charge in [-0.05, 0) is 37.1 Å². The van der Waals surface area contributed by atoms with Gasteiger partial charge in [-0.25, -0.2) is 0 Å². The molecule has 0 heterocycles. The van der Waals surface area contributed by atoms with Gasteiger partial charge < -0.3 is 9.84 Å². The van der Waals surface area contributed by atoms with E-state index in [-0.39, 0.29) is 6.61 Å². The Morgan fingerprint density at radius 3 is 2.62 bits per heavy atom. The molecule has 0 aliphatic carbocycles. The number of ether oxygens (including phenoxy) is 1. The lowest BCUT2D eigenvalue weighted by Gasteiger charge is -2.05. The summed E-state index contributed by atoms with van der Waals surface area (Å²) >= 11 is 0. The molecule has 0 spiro atoms. The minimum atomic E-state index is -0.436. The zero-order valence-corrected chi connectivity index (χ0v) is 9.47. The largest absolute Gasteiger partial charge is 0.479 e. The normalized spacial score (nSPS) is 13.0. The van der Waals surface area contributed by atoms with E-state index >= 15 is 0 Å².